The molecule has 2 aliphatic rings. The topological polar surface area (TPSA) is 77.2 Å². The number of amides is 2. The van der Waals surface area contributed by atoms with E-state index in [1.807, 2.05) is 41.3 Å². The number of furan rings is 1. The first kappa shape index (κ1) is 20.2. The van der Waals surface area contributed by atoms with E-state index in [9.17, 15) is 14.7 Å². The predicted molar refractivity (Wildman–Crippen MR) is 119 cm³/mol. The van der Waals surface area contributed by atoms with Gasteiger partial charge in [-0.1, -0.05) is 36.4 Å². The third kappa shape index (κ3) is 3.70. The van der Waals surface area contributed by atoms with E-state index in [1.165, 1.54) is 6.26 Å². The molecule has 1 N–H and O–H groups in total. The summed E-state index contributed by atoms with van der Waals surface area (Å²) in [5, 5.41) is 10.1. The minimum atomic E-state index is -0.570. The quantitative estimate of drug-likeness (QED) is 0.690. The van der Waals surface area contributed by atoms with Crippen molar-refractivity contribution in [2.45, 2.75) is 19.0 Å². The van der Waals surface area contributed by atoms with E-state index in [2.05, 4.69) is 4.90 Å². The third-order valence-electron chi connectivity index (χ3n) is 6.34. The van der Waals surface area contributed by atoms with Crippen LogP contribution in [0.1, 0.15) is 21.7 Å². The number of rotatable bonds is 3. The summed E-state index contributed by atoms with van der Waals surface area (Å²) in [5.41, 5.74) is 2.93. The van der Waals surface area contributed by atoms with E-state index in [0.29, 0.717) is 39.1 Å². The first-order chi connectivity index (χ1) is 15.6. The average Bonchev–Trinajstić information content (AvgIpc) is 3.38. The number of hydrogen-bond donors (Lipinski definition) is 1. The third-order valence-corrected chi connectivity index (χ3v) is 6.34. The zero-order valence-corrected chi connectivity index (χ0v) is 17.7. The Balaban J connectivity index is 1.35. The summed E-state index contributed by atoms with van der Waals surface area (Å²) in [6.45, 7) is 2.70. The van der Waals surface area contributed by atoms with Crippen LogP contribution in [0.2, 0.25) is 0 Å². The SMILES string of the molecule is O=C(C1Cc2ccccc2CN1C(=O)c1ccco1)N1CCN(c2ccccc2O)CC1. The van der Waals surface area contributed by atoms with Crippen molar-refractivity contribution in [1.82, 2.24) is 9.80 Å². The molecule has 1 atom stereocenters. The lowest BCUT2D eigenvalue weighted by Gasteiger charge is -2.41. The van der Waals surface area contributed by atoms with Crippen molar-refractivity contribution < 1.29 is 19.1 Å². The van der Waals surface area contributed by atoms with Crippen LogP contribution in [0.25, 0.3) is 0 Å². The minimum absolute atomic E-state index is 0.0451. The summed E-state index contributed by atoms with van der Waals surface area (Å²) < 4.78 is 5.34. The van der Waals surface area contributed by atoms with Gasteiger partial charge in [-0.15, -0.1) is 0 Å². The molecule has 3 aromatic rings. The van der Waals surface area contributed by atoms with Gasteiger partial charge in [0.15, 0.2) is 5.76 Å². The van der Waals surface area contributed by atoms with Gasteiger partial charge in [-0.2, -0.15) is 0 Å². The van der Waals surface area contributed by atoms with Gasteiger partial charge < -0.3 is 24.2 Å². The van der Waals surface area contributed by atoms with Crippen LogP contribution in [0.5, 0.6) is 5.75 Å². The maximum atomic E-state index is 13.6. The fourth-order valence-corrected chi connectivity index (χ4v) is 4.61. The molecule has 3 heterocycles. The Kier molecular flexibility index (Phi) is 5.31. The molecule has 5 rings (SSSR count). The Morgan fingerprint density at radius 2 is 1.59 bits per heavy atom. The van der Waals surface area contributed by atoms with Crippen LogP contribution in [0.15, 0.2) is 71.3 Å². The number of carbonyl (C=O) groups is 2. The number of aromatic hydroxyl groups is 1. The van der Waals surface area contributed by atoms with Crippen LogP contribution < -0.4 is 4.90 Å². The van der Waals surface area contributed by atoms with Crippen molar-refractivity contribution in [3.05, 3.63) is 83.8 Å². The number of carbonyl (C=O) groups excluding carboxylic acids is 2. The summed E-state index contributed by atoms with van der Waals surface area (Å²) in [4.78, 5) is 32.3. The molecule has 1 aromatic heterocycles. The second kappa shape index (κ2) is 8.42. The summed E-state index contributed by atoms with van der Waals surface area (Å²) in [7, 11) is 0. The molecule has 0 spiro atoms. The molecule has 1 fully saturated rings. The normalized spacial score (nSPS) is 18.4. The monoisotopic (exact) mass is 431 g/mol. The van der Waals surface area contributed by atoms with Crippen molar-refractivity contribution in [2.75, 3.05) is 31.1 Å². The van der Waals surface area contributed by atoms with Gasteiger partial charge in [0.2, 0.25) is 5.91 Å². The number of piperazine rings is 1. The number of fused-ring (bicyclic) bond motifs is 1. The lowest BCUT2D eigenvalue weighted by molar-refractivity contribution is -0.137. The zero-order valence-electron chi connectivity index (χ0n) is 17.7. The highest BCUT2D eigenvalue weighted by molar-refractivity contribution is 5.96. The molecule has 7 nitrogen and oxygen atoms in total. The first-order valence-corrected chi connectivity index (χ1v) is 10.8. The van der Waals surface area contributed by atoms with Gasteiger partial charge in [0.1, 0.15) is 11.8 Å². The van der Waals surface area contributed by atoms with Gasteiger partial charge in [-0.05, 0) is 35.4 Å². The molecular formula is C25H25N3O4. The Bertz CT molecular complexity index is 1120. The van der Waals surface area contributed by atoms with Crippen molar-refractivity contribution in [3.8, 4) is 5.75 Å². The van der Waals surface area contributed by atoms with Crippen molar-refractivity contribution in [1.29, 1.82) is 0 Å². The van der Waals surface area contributed by atoms with Gasteiger partial charge >= 0.3 is 0 Å². The number of phenolic OH excluding ortho intramolecular Hbond substituents is 1. The Morgan fingerprint density at radius 1 is 0.875 bits per heavy atom. The summed E-state index contributed by atoms with van der Waals surface area (Å²) >= 11 is 0. The lowest BCUT2D eigenvalue weighted by Crippen LogP contribution is -2.57. The number of para-hydroxylation sites is 2. The van der Waals surface area contributed by atoms with Gasteiger partial charge in [0.25, 0.3) is 5.91 Å². The standard InChI is InChI=1S/C25H25N3O4/c29-22-9-4-3-8-20(22)26-11-13-27(14-12-26)24(30)21-16-18-6-1-2-7-19(18)17-28(21)25(31)23-10-5-15-32-23/h1-10,15,21,29H,11-14,16-17H2. The number of benzene rings is 2. The fraction of sp³-hybridized carbons (Fsp3) is 0.280. The van der Waals surface area contributed by atoms with E-state index in [1.54, 1.807) is 29.2 Å². The zero-order chi connectivity index (χ0) is 22.1. The molecule has 0 radical (unpaired) electrons. The smallest absolute Gasteiger partial charge is 0.290 e. The molecule has 0 bridgehead atoms. The highest BCUT2D eigenvalue weighted by Crippen LogP contribution is 2.29. The number of anilines is 1. The van der Waals surface area contributed by atoms with Crippen molar-refractivity contribution >= 4 is 17.5 Å². The molecule has 0 saturated carbocycles. The highest BCUT2D eigenvalue weighted by Gasteiger charge is 2.38. The van der Waals surface area contributed by atoms with Gasteiger partial charge in [0.05, 0.1) is 12.0 Å². The summed E-state index contributed by atoms with van der Waals surface area (Å²) in [5.74, 6) is 0.171. The molecule has 32 heavy (non-hydrogen) atoms. The maximum absolute atomic E-state index is 13.6. The number of phenols is 1. The van der Waals surface area contributed by atoms with Gasteiger partial charge in [-0.3, -0.25) is 9.59 Å². The van der Waals surface area contributed by atoms with Crippen LogP contribution in [0, 0.1) is 0 Å². The molecule has 1 unspecified atom stereocenters. The summed E-state index contributed by atoms with van der Waals surface area (Å²) in [6, 6.07) is 17.9. The summed E-state index contributed by atoms with van der Waals surface area (Å²) in [6.07, 6.45) is 1.96. The molecule has 2 aliphatic heterocycles. The Morgan fingerprint density at radius 3 is 2.31 bits per heavy atom. The molecule has 164 valence electrons. The van der Waals surface area contributed by atoms with Crippen LogP contribution in [0.3, 0.4) is 0 Å². The average molecular weight is 431 g/mol. The second-order valence-corrected chi connectivity index (χ2v) is 8.20. The first-order valence-electron chi connectivity index (χ1n) is 10.8. The Hall–Kier alpha value is -3.74. The van der Waals surface area contributed by atoms with Crippen LogP contribution >= 0.6 is 0 Å². The van der Waals surface area contributed by atoms with E-state index in [-0.39, 0.29) is 23.3 Å². The van der Waals surface area contributed by atoms with Crippen molar-refractivity contribution in [3.63, 3.8) is 0 Å². The fourth-order valence-electron chi connectivity index (χ4n) is 4.61. The maximum Gasteiger partial charge on any atom is 0.290 e. The van der Waals surface area contributed by atoms with E-state index in [0.717, 1.165) is 16.8 Å². The lowest BCUT2D eigenvalue weighted by atomic mass is 9.92. The minimum Gasteiger partial charge on any atom is -0.506 e. The van der Waals surface area contributed by atoms with Gasteiger partial charge in [-0.25, -0.2) is 0 Å². The molecule has 7 heteroatoms. The number of hydrogen-bond acceptors (Lipinski definition) is 5. The van der Waals surface area contributed by atoms with E-state index in [4.69, 9.17) is 4.42 Å². The molecule has 0 aliphatic carbocycles. The number of nitrogens with zero attached hydrogens (tertiary/aromatic N) is 3. The molecule has 2 aromatic carbocycles. The highest BCUT2D eigenvalue weighted by atomic mass is 16.3. The molecule has 1 saturated heterocycles. The van der Waals surface area contributed by atoms with E-state index < -0.39 is 6.04 Å². The van der Waals surface area contributed by atoms with Crippen molar-refractivity contribution in [2.24, 2.45) is 0 Å². The largest absolute Gasteiger partial charge is 0.506 e. The van der Waals surface area contributed by atoms with Crippen LogP contribution in [0.4, 0.5) is 5.69 Å². The second-order valence-electron chi connectivity index (χ2n) is 8.20. The van der Waals surface area contributed by atoms with Crippen LogP contribution in [-0.2, 0) is 17.8 Å². The molecule has 2 amide bonds. The van der Waals surface area contributed by atoms with Crippen LogP contribution in [-0.4, -0.2) is 58.9 Å². The van der Waals surface area contributed by atoms with E-state index >= 15 is 0 Å². The Labute approximate surface area is 186 Å². The van der Waals surface area contributed by atoms with Gasteiger partial charge in [0, 0.05) is 39.1 Å². The predicted octanol–water partition coefficient (Wildman–Crippen LogP) is 2.90. The molecular weight excluding hydrogens is 406 g/mol.